The number of para-hydroxylation sites is 2. The summed E-state index contributed by atoms with van der Waals surface area (Å²) in [5.41, 5.74) is 2.97. The first-order chi connectivity index (χ1) is 14.2. The van der Waals surface area contributed by atoms with Gasteiger partial charge in [-0.1, -0.05) is 12.1 Å². The van der Waals surface area contributed by atoms with E-state index in [0.29, 0.717) is 18.7 Å². The first-order valence-electron chi connectivity index (χ1n) is 10.3. The summed E-state index contributed by atoms with van der Waals surface area (Å²) in [4.78, 5) is 17.5. The fourth-order valence-electron chi connectivity index (χ4n) is 4.25. The molecular weight excluding hydrogens is 384 g/mol. The van der Waals surface area contributed by atoms with E-state index in [9.17, 15) is 10.1 Å². The quantitative estimate of drug-likeness (QED) is 0.761. The number of ether oxygens (including phenoxy) is 1. The van der Waals surface area contributed by atoms with Crippen LogP contribution >= 0.6 is 11.3 Å². The van der Waals surface area contributed by atoms with Gasteiger partial charge in [-0.25, -0.2) is 0 Å². The number of quaternary nitrogens is 1. The van der Waals surface area contributed by atoms with E-state index in [1.807, 2.05) is 25.1 Å². The number of nitriles is 1. The first-order valence-corrected chi connectivity index (χ1v) is 11.2. The first kappa shape index (κ1) is 19.7. The van der Waals surface area contributed by atoms with E-state index in [1.165, 1.54) is 9.78 Å². The van der Waals surface area contributed by atoms with Crippen molar-refractivity contribution in [2.75, 3.05) is 49.5 Å². The minimum atomic E-state index is -0.000380. The Morgan fingerprint density at radius 3 is 2.86 bits per heavy atom. The maximum absolute atomic E-state index is 12.6. The number of hydrogen-bond donors (Lipinski definition) is 2. The second-order valence-electron chi connectivity index (χ2n) is 7.54. The third-order valence-electron chi connectivity index (χ3n) is 5.67. The molecule has 0 bridgehead atoms. The molecule has 2 aromatic rings. The standard InChI is InChI=1S/C22H26N4O2S/c1-2-28-19-8-4-3-7-18(19)26-12-10-25(11-13-26)15-21(27)24-22-17(14-23)16-6-5-9-20(16)29-22/h3-4,7-8H,2,5-6,9-13,15H2,1H3,(H,24,27)/p+1. The van der Waals surface area contributed by atoms with Crippen LogP contribution in [0.2, 0.25) is 0 Å². The van der Waals surface area contributed by atoms with Crippen molar-refractivity contribution in [2.45, 2.75) is 26.2 Å². The van der Waals surface area contributed by atoms with Crippen LogP contribution in [0, 0.1) is 11.3 Å². The number of fused-ring (bicyclic) bond motifs is 1. The van der Waals surface area contributed by atoms with E-state index >= 15 is 0 Å². The molecule has 0 spiro atoms. The van der Waals surface area contributed by atoms with Gasteiger partial charge in [0.25, 0.3) is 5.91 Å². The van der Waals surface area contributed by atoms with Gasteiger partial charge in [0.1, 0.15) is 16.8 Å². The highest BCUT2D eigenvalue weighted by molar-refractivity contribution is 7.16. The molecule has 6 nitrogen and oxygen atoms in total. The van der Waals surface area contributed by atoms with Gasteiger partial charge in [-0.15, -0.1) is 11.3 Å². The summed E-state index contributed by atoms with van der Waals surface area (Å²) in [5, 5.41) is 13.2. The van der Waals surface area contributed by atoms with Crippen LogP contribution < -0.4 is 19.9 Å². The molecule has 2 heterocycles. The summed E-state index contributed by atoms with van der Waals surface area (Å²) >= 11 is 1.58. The second kappa shape index (κ2) is 8.85. The number of nitrogens with one attached hydrogen (secondary N) is 2. The van der Waals surface area contributed by atoms with Crippen molar-refractivity contribution in [3.8, 4) is 11.8 Å². The number of hydrogen-bond acceptors (Lipinski definition) is 5. The van der Waals surface area contributed by atoms with Crippen LogP contribution in [0.5, 0.6) is 5.75 Å². The summed E-state index contributed by atoms with van der Waals surface area (Å²) < 4.78 is 5.76. The van der Waals surface area contributed by atoms with Crippen molar-refractivity contribution in [1.82, 2.24) is 0 Å². The van der Waals surface area contributed by atoms with Crippen LogP contribution in [0.25, 0.3) is 0 Å². The van der Waals surface area contributed by atoms with Gasteiger partial charge in [0.05, 0.1) is 44.0 Å². The minimum absolute atomic E-state index is 0.000380. The van der Waals surface area contributed by atoms with E-state index in [4.69, 9.17) is 4.74 Å². The van der Waals surface area contributed by atoms with E-state index < -0.39 is 0 Å². The molecule has 1 aliphatic carbocycles. The SMILES string of the molecule is CCOc1ccccc1N1CC[NH+](CC(=O)Nc2sc3c(c2C#N)CCC3)CC1. The average Bonchev–Trinajstić information content (AvgIpc) is 3.30. The summed E-state index contributed by atoms with van der Waals surface area (Å²) in [6.07, 6.45) is 3.10. The minimum Gasteiger partial charge on any atom is -0.492 e. The summed E-state index contributed by atoms with van der Waals surface area (Å²) in [7, 11) is 0. The molecule has 0 saturated carbocycles. The molecule has 29 heavy (non-hydrogen) atoms. The third kappa shape index (κ3) is 4.24. The van der Waals surface area contributed by atoms with Crippen molar-refractivity contribution >= 4 is 27.9 Å². The number of piperazine rings is 1. The van der Waals surface area contributed by atoms with Crippen LogP contribution in [0.3, 0.4) is 0 Å². The Hall–Kier alpha value is -2.56. The van der Waals surface area contributed by atoms with Crippen LogP contribution in [-0.2, 0) is 17.6 Å². The lowest BCUT2D eigenvalue weighted by molar-refractivity contribution is -0.892. The smallest absolute Gasteiger partial charge is 0.280 e. The molecule has 1 aromatic carbocycles. The van der Waals surface area contributed by atoms with Crippen molar-refractivity contribution in [2.24, 2.45) is 0 Å². The molecule has 1 fully saturated rings. The number of benzene rings is 1. The number of amides is 1. The molecule has 1 amide bonds. The number of nitrogens with zero attached hydrogens (tertiary/aromatic N) is 2. The molecule has 0 atom stereocenters. The van der Waals surface area contributed by atoms with Gasteiger partial charge >= 0.3 is 0 Å². The maximum Gasteiger partial charge on any atom is 0.280 e. The van der Waals surface area contributed by atoms with Gasteiger partial charge in [0, 0.05) is 4.88 Å². The molecule has 4 rings (SSSR count). The maximum atomic E-state index is 12.6. The summed E-state index contributed by atoms with van der Waals surface area (Å²) in [5.74, 6) is 0.922. The highest BCUT2D eigenvalue weighted by Gasteiger charge is 2.26. The Balaban J connectivity index is 1.32. The van der Waals surface area contributed by atoms with Crippen molar-refractivity contribution < 1.29 is 14.4 Å². The van der Waals surface area contributed by atoms with E-state index in [1.54, 1.807) is 11.3 Å². The van der Waals surface area contributed by atoms with Crippen molar-refractivity contribution in [3.05, 3.63) is 40.3 Å². The number of aryl methyl sites for hydroxylation is 1. The molecule has 1 aromatic heterocycles. The average molecular weight is 412 g/mol. The molecule has 1 aliphatic heterocycles. The predicted molar refractivity (Wildman–Crippen MR) is 115 cm³/mol. The zero-order chi connectivity index (χ0) is 20.2. The molecule has 0 unspecified atom stereocenters. The van der Waals surface area contributed by atoms with E-state index in [-0.39, 0.29) is 5.91 Å². The Morgan fingerprint density at radius 1 is 1.31 bits per heavy atom. The van der Waals surface area contributed by atoms with Crippen molar-refractivity contribution in [3.63, 3.8) is 0 Å². The Bertz CT molecular complexity index is 925. The second-order valence-corrected chi connectivity index (χ2v) is 8.64. The van der Waals surface area contributed by atoms with Crippen LogP contribution in [0.1, 0.15) is 29.3 Å². The zero-order valence-corrected chi connectivity index (χ0v) is 17.6. The molecule has 152 valence electrons. The van der Waals surface area contributed by atoms with Gasteiger partial charge in [-0.05, 0) is 43.9 Å². The third-order valence-corrected chi connectivity index (χ3v) is 6.88. The van der Waals surface area contributed by atoms with Gasteiger partial charge in [-0.2, -0.15) is 5.26 Å². The fraction of sp³-hybridized carbons (Fsp3) is 0.455. The number of rotatable bonds is 6. The van der Waals surface area contributed by atoms with Gasteiger partial charge in [0.2, 0.25) is 0 Å². The topological polar surface area (TPSA) is 69.8 Å². The van der Waals surface area contributed by atoms with Crippen LogP contribution in [0.4, 0.5) is 10.7 Å². The lowest BCUT2D eigenvalue weighted by Crippen LogP contribution is -3.15. The normalized spacial score (nSPS) is 16.3. The van der Waals surface area contributed by atoms with E-state index in [0.717, 1.165) is 67.4 Å². The molecular formula is C22H27N4O2S+. The van der Waals surface area contributed by atoms with Crippen LogP contribution in [-0.4, -0.2) is 45.2 Å². The molecule has 2 aliphatic rings. The Kier molecular flexibility index (Phi) is 6.02. The van der Waals surface area contributed by atoms with E-state index in [2.05, 4.69) is 22.4 Å². The number of anilines is 2. The number of carbonyl (C=O) groups excluding carboxylic acids is 1. The van der Waals surface area contributed by atoms with Gasteiger partial charge in [-0.3, -0.25) is 4.79 Å². The highest BCUT2D eigenvalue weighted by atomic mass is 32.1. The van der Waals surface area contributed by atoms with Crippen LogP contribution in [0.15, 0.2) is 24.3 Å². The lowest BCUT2D eigenvalue weighted by atomic mass is 10.1. The van der Waals surface area contributed by atoms with Gasteiger partial charge in [0.15, 0.2) is 6.54 Å². The molecule has 2 N–H and O–H groups in total. The number of thiophene rings is 1. The summed E-state index contributed by atoms with van der Waals surface area (Å²) in [6, 6.07) is 10.4. The Morgan fingerprint density at radius 2 is 2.10 bits per heavy atom. The molecule has 0 radical (unpaired) electrons. The van der Waals surface area contributed by atoms with Crippen molar-refractivity contribution in [1.29, 1.82) is 5.26 Å². The predicted octanol–water partition coefficient (Wildman–Crippen LogP) is 1.85. The monoisotopic (exact) mass is 411 g/mol. The lowest BCUT2D eigenvalue weighted by Gasteiger charge is -2.34. The molecule has 7 heteroatoms. The largest absolute Gasteiger partial charge is 0.492 e. The Labute approximate surface area is 175 Å². The summed E-state index contributed by atoms with van der Waals surface area (Å²) in [6.45, 7) is 6.68. The fourth-order valence-corrected chi connectivity index (χ4v) is 5.50. The number of carbonyl (C=O) groups is 1. The molecule has 1 saturated heterocycles. The zero-order valence-electron chi connectivity index (χ0n) is 16.8. The van der Waals surface area contributed by atoms with Gasteiger partial charge < -0.3 is 19.9 Å². The highest BCUT2D eigenvalue weighted by Crippen LogP contribution is 2.38.